The maximum atomic E-state index is 12.5. The zero-order valence-electron chi connectivity index (χ0n) is 37.8. The van der Waals surface area contributed by atoms with Crippen LogP contribution in [0.4, 0.5) is 0 Å². The van der Waals surface area contributed by atoms with Gasteiger partial charge in [-0.3, -0.25) is 19.2 Å². The van der Waals surface area contributed by atoms with Gasteiger partial charge >= 0.3 is 0 Å². The molecule has 0 aromatic rings. The van der Waals surface area contributed by atoms with Crippen LogP contribution in [0.15, 0.2) is 0 Å². The molecule has 12 nitrogen and oxygen atoms in total. The van der Waals surface area contributed by atoms with Gasteiger partial charge in [0.1, 0.15) is 11.6 Å². The van der Waals surface area contributed by atoms with E-state index in [4.69, 9.17) is 24.7 Å². The highest BCUT2D eigenvalue weighted by molar-refractivity contribution is 7.41. The lowest BCUT2D eigenvalue weighted by atomic mass is 9.63. The average Bonchev–Trinajstić information content (AvgIpc) is 3.56. The summed E-state index contributed by atoms with van der Waals surface area (Å²) in [6, 6.07) is 0. The number of carbonyl (C=O) groups is 4. The lowest BCUT2D eigenvalue weighted by Crippen LogP contribution is -2.41. The summed E-state index contributed by atoms with van der Waals surface area (Å²) in [6.07, 6.45) is 5.77. The number of amides is 2. The van der Waals surface area contributed by atoms with Crippen LogP contribution in [0, 0.1) is 22.7 Å². The molecule has 0 aliphatic heterocycles. The lowest BCUT2D eigenvalue weighted by molar-refractivity contribution is -0.230. The Labute approximate surface area is 338 Å². The van der Waals surface area contributed by atoms with Gasteiger partial charge in [0.2, 0.25) is 11.8 Å². The number of nitrogens with two attached hydrogens (primary N) is 1. The third-order valence-electron chi connectivity index (χ3n) is 10.00. The number of hydrogen-bond donors (Lipinski definition) is 4. The van der Waals surface area contributed by atoms with Gasteiger partial charge in [0.25, 0.3) is 0 Å². The van der Waals surface area contributed by atoms with E-state index in [1.807, 2.05) is 76.3 Å². The molecule has 326 valence electrons. The van der Waals surface area contributed by atoms with Crippen molar-refractivity contribution in [1.29, 1.82) is 0 Å². The minimum absolute atomic E-state index is 0.000844. The minimum atomic E-state index is -0.664. The number of hydrogen-bond acceptors (Lipinski definition) is 10. The summed E-state index contributed by atoms with van der Waals surface area (Å²) < 4.78 is 23.1. The van der Waals surface area contributed by atoms with E-state index in [1.54, 1.807) is 0 Å². The van der Waals surface area contributed by atoms with Crippen molar-refractivity contribution in [3.05, 3.63) is 0 Å². The van der Waals surface area contributed by atoms with Gasteiger partial charge in [-0.25, -0.2) is 0 Å². The Kier molecular flexibility index (Phi) is 28.3. The fraction of sp³-hybridized carbons (Fsp3) is 0.905. The molecule has 1 fully saturated rings. The number of ether oxygens (including phenoxy) is 4. The Hall–Kier alpha value is -1.53. The molecule has 0 bridgehead atoms. The summed E-state index contributed by atoms with van der Waals surface area (Å²) in [4.78, 5) is 48.5. The van der Waals surface area contributed by atoms with E-state index >= 15 is 0 Å². The molecule has 1 aliphatic rings. The molecule has 0 aromatic heterocycles. The fourth-order valence-electron chi connectivity index (χ4n) is 5.51. The summed E-state index contributed by atoms with van der Waals surface area (Å²) in [5.74, 6) is -0.634. The normalized spacial score (nSPS) is 14.7. The van der Waals surface area contributed by atoms with E-state index in [1.165, 1.54) is 0 Å². The van der Waals surface area contributed by atoms with Gasteiger partial charge in [0, 0.05) is 76.3 Å². The van der Waals surface area contributed by atoms with Crippen molar-refractivity contribution < 1.29 is 38.1 Å². The van der Waals surface area contributed by atoms with Gasteiger partial charge in [-0.15, -0.1) is 8.58 Å². The first-order chi connectivity index (χ1) is 25.4. The monoisotopic (exact) mass is 805 g/mol. The van der Waals surface area contributed by atoms with Crippen LogP contribution in [-0.4, -0.2) is 106 Å². The van der Waals surface area contributed by atoms with Crippen molar-refractivity contribution in [1.82, 2.24) is 16.0 Å². The summed E-state index contributed by atoms with van der Waals surface area (Å²) in [5, 5.41) is 8.70. The molecule has 13 heteroatoms. The highest BCUT2D eigenvalue weighted by Gasteiger charge is 2.40. The Morgan fingerprint density at radius 2 is 1.13 bits per heavy atom. The SMILES string of the molecule is CC.CC(C)C(=O)CC(C)(C)C(C)(C)CC(=O)NCCOC1(OCCN)CCCC1.CNCCOC(C)(C)OCCNC(=O)CPC(C)(C)CC(=O)C(C)C. The summed E-state index contributed by atoms with van der Waals surface area (Å²) >= 11 is 0. The first-order valence-electron chi connectivity index (χ1n) is 20.7. The number of Topliss-reactive ketones (excluding diaryl/α,β-unsaturated/α-hetero) is 2. The van der Waals surface area contributed by atoms with Gasteiger partial charge in [-0.2, -0.15) is 0 Å². The van der Waals surface area contributed by atoms with Crippen molar-refractivity contribution in [2.75, 3.05) is 65.8 Å². The van der Waals surface area contributed by atoms with E-state index < -0.39 is 11.6 Å². The molecule has 0 aromatic carbocycles. The van der Waals surface area contributed by atoms with Crippen molar-refractivity contribution >= 4 is 32.0 Å². The molecule has 0 radical (unpaired) electrons. The van der Waals surface area contributed by atoms with E-state index in [9.17, 15) is 19.2 Å². The van der Waals surface area contributed by atoms with Gasteiger partial charge in [0.05, 0.1) is 26.4 Å². The van der Waals surface area contributed by atoms with Crippen molar-refractivity contribution in [2.24, 2.45) is 28.4 Å². The molecule has 1 aliphatic carbocycles. The topological polar surface area (TPSA) is 167 Å². The molecule has 0 spiro atoms. The van der Waals surface area contributed by atoms with Crippen LogP contribution in [0.1, 0.15) is 142 Å². The molecular weight excluding hydrogens is 719 g/mol. The fourth-order valence-corrected chi connectivity index (χ4v) is 6.57. The van der Waals surface area contributed by atoms with Gasteiger partial charge in [-0.05, 0) is 49.7 Å². The van der Waals surface area contributed by atoms with Crippen LogP contribution >= 0.6 is 8.58 Å². The summed E-state index contributed by atoms with van der Waals surface area (Å²) in [6.45, 7) is 31.8. The van der Waals surface area contributed by atoms with Gasteiger partial charge < -0.3 is 40.6 Å². The van der Waals surface area contributed by atoms with Crippen LogP contribution in [0.2, 0.25) is 0 Å². The second kappa shape index (κ2) is 28.0. The molecular formula is C42H85N4O8P. The zero-order valence-corrected chi connectivity index (χ0v) is 38.8. The minimum Gasteiger partial charge on any atom is -0.354 e. The Morgan fingerprint density at radius 1 is 0.673 bits per heavy atom. The first kappa shape index (κ1) is 55.6. The number of ketones is 2. The molecule has 55 heavy (non-hydrogen) atoms. The molecule has 0 heterocycles. The number of rotatable bonds is 27. The zero-order chi connectivity index (χ0) is 42.9. The smallest absolute Gasteiger partial charge is 0.224 e. The van der Waals surface area contributed by atoms with Crippen molar-refractivity contribution in [3.8, 4) is 0 Å². The van der Waals surface area contributed by atoms with Crippen molar-refractivity contribution in [2.45, 2.75) is 159 Å². The van der Waals surface area contributed by atoms with E-state index in [0.717, 1.165) is 32.2 Å². The third kappa shape index (κ3) is 25.4. The Bertz CT molecular complexity index is 1090. The predicted molar refractivity (Wildman–Crippen MR) is 228 cm³/mol. The maximum Gasteiger partial charge on any atom is 0.224 e. The van der Waals surface area contributed by atoms with Gasteiger partial charge in [0.15, 0.2) is 11.6 Å². The van der Waals surface area contributed by atoms with Crippen LogP contribution in [-0.2, 0) is 38.1 Å². The quantitative estimate of drug-likeness (QED) is 0.0403. The molecule has 1 unspecified atom stereocenters. The molecule has 1 atom stereocenters. The van der Waals surface area contributed by atoms with Crippen LogP contribution in [0.25, 0.3) is 0 Å². The second-order valence-electron chi connectivity index (χ2n) is 17.3. The molecule has 5 N–H and O–H groups in total. The molecule has 2 amide bonds. The van der Waals surface area contributed by atoms with E-state index in [-0.39, 0.29) is 51.2 Å². The van der Waals surface area contributed by atoms with E-state index in [2.05, 4.69) is 43.6 Å². The highest BCUT2D eigenvalue weighted by atomic mass is 31.1. The first-order valence-corrected chi connectivity index (χ1v) is 21.9. The number of carbonyl (C=O) groups excluding carboxylic acids is 4. The predicted octanol–water partition coefficient (Wildman–Crippen LogP) is 6.61. The average molecular weight is 805 g/mol. The number of nitrogens with one attached hydrogen (secondary N) is 3. The standard InChI is InChI=1S/C22H42N2O4.C18H37N2O4P.C2H6/c1-17(2)18(25)15-20(3,4)21(5,6)16-19(26)24-12-14-28-22(27-13-11-23)9-7-8-10-22;1-14(2)15(21)12-17(3,4)25-13-16(22)20-9-11-24-18(5,6)23-10-8-19-7;1-2/h17H,7-16,23H2,1-6H3,(H,24,26);14,19,25H,8-13H2,1-7H3,(H,20,22);1-2H3. The van der Waals surface area contributed by atoms with Crippen LogP contribution < -0.4 is 21.7 Å². The maximum absolute atomic E-state index is 12.5. The molecule has 1 saturated carbocycles. The van der Waals surface area contributed by atoms with Crippen LogP contribution in [0.5, 0.6) is 0 Å². The van der Waals surface area contributed by atoms with Gasteiger partial charge in [-0.1, -0.05) is 83.1 Å². The lowest BCUT2D eigenvalue weighted by Gasteiger charge is -2.41. The highest BCUT2D eigenvalue weighted by Crippen LogP contribution is 2.44. The summed E-state index contributed by atoms with van der Waals surface area (Å²) in [5.41, 5.74) is 4.99. The molecule has 1 rings (SSSR count). The molecule has 0 saturated heterocycles. The number of likely N-dealkylation sites (N-methyl/N-ethyl adjacent to an activating group) is 1. The van der Waals surface area contributed by atoms with Crippen LogP contribution in [0.3, 0.4) is 0 Å². The Morgan fingerprint density at radius 3 is 1.64 bits per heavy atom. The largest absolute Gasteiger partial charge is 0.354 e. The summed E-state index contributed by atoms with van der Waals surface area (Å²) in [7, 11) is 2.29. The van der Waals surface area contributed by atoms with E-state index in [0.29, 0.717) is 80.1 Å². The second-order valence-corrected chi connectivity index (χ2v) is 19.3. The third-order valence-corrected chi connectivity index (χ3v) is 11.6. The van der Waals surface area contributed by atoms with Crippen molar-refractivity contribution in [3.63, 3.8) is 0 Å². The Balaban J connectivity index is 0.